The molecule has 0 bridgehead atoms. The van der Waals surface area contributed by atoms with E-state index in [0.717, 1.165) is 18.4 Å². The third-order valence-electron chi connectivity index (χ3n) is 6.62. The predicted octanol–water partition coefficient (Wildman–Crippen LogP) is 3.51. The number of rotatable bonds is 8. The summed E-state index contributed by atoms with van der Waals surface area (Å²) in [6.07, 6.45) is 3.82. The topological polar surface area (TPSA) is 88.2 Å². The fraction of sp³-hybridized carbons (Fsp3) is 0.640. The van der Waals surface area contributed by atoms with Crippen LogP contribution >= 0.6 is 0 Å². The number of nitrogens with one attached hydrogen (secondary N) is 1. The van der Waals surface area contributed by atoms with Crippen LogP contribution in [0.15, 0.2) is 24.3 Å². The molecule has 8 nitrogen and oxygen atoms in total. The van der Waals surface area contributed by atoms with Gasteiger partial charge < -0.3 is 24.6 Å². The Bertz CT molecular complexity index is 822. The predicted molar refractivity (Wildman–Crippen MR) is 125 cm³/mol. The van der Waals surface area contributed by atoms with Crippen LogP contribution in [0, 0.1) is 5.92 Å². The van der Waals surface area contributed by atoms with Gasteiger partial charge in [0.25, 0.3) is 0 Å². The number of ether oxygens (including phenoxy) is 2. The maximum atomic E-state index is 13.5. The highest BCUT2D eigenvalue weighted by molar-refractivity contribution is 5.85. The van der Waals surface area contributed by atoms with Gasteiger partial charge in [0.05, 0.1) is 25.7 Å². The third kappa shape index (κ3) is 5.97. The Hall–Kier alpha value is -2.77. The SMILES string of the molecule is CCCCN1C(=O)CCC(C(=O)NC2CCN(C(=O)OCC)CC2)C1c1ccccc1OC. The summed E-state index contributed by atoms with van der Waals surface area (Å²) in [4.78, 5) is 41.9. The average Bonchev–Trinajstić information content (AvgIpc) is 2.83. The Morgan fingerprint density at radius 2 is 1.85 bits per heavy atom. The summed E-state index contributed by atoms with van der Waals surface area (Å²) in [5, 5.41) is 3.21. The largest absolute Gasteiger partial charge is 0.496 e. The van der Waals surface area contributed by atoms with Crippen LogP contribution in [0.2, 0.25) is 0 Å². The lowest BCUT2D eigenvalue weighted by Crippen LogP contribution is -2.52. The first-order valence-electron chi connectivity index (χ1n) is 12.1. The van der Waals surface area contributed by atoms with Gasteiger partial charge in [0.15, 0.2) is 0 Å². The second-order valence-corrected chi connectivity index (χ2v) is 8.74. The molecular weight excluding hydrogens is 422 g/mol. The van der Waals surface area contributed by atoms with E-state index in [0.29, 0.717) is 57.7 Å². The van der Waals surface area contributed by atoms with Gasteiger partial charge >= 0.3 is 6.09 Å². The molecule has 3 rings (SSSR count). The molecule has 33 heavy (non-hydrogen) atoms. The van der Waals surface area contributed by atoms with E-state index in [1.54, 1.807) is 18.9 Å². The molecule has 2 unspecified atom stereocenters. The Morgan fingerprint density at radius 3 is 2.52 bits per heavy atom. The smallest absolute Gasteiger partial charge is 0.409 e. The highest BCUT2D eigenvalue weighted by atomic mass is 16.6. The molecule has 2 atom stereocenters. The molecule has 0 radical (unpaired) electrons. The maximum absolute atomic E-state index is 13.5. The minimum absolute atomic E-state index is 0.00298. The summed E-state index contributed by atoms with van der Waals surface area (Å²) in [5.74, 6) is 0.402. The van der Waals surface area contributed by atoms with Crippen molar-refractivity contribution in [2.45, 2.75) is 64.5 Å². The maximum Gasteiger partial charge on any atom is 0.409 e. The van der Waals surface area contributed by atoms with Crippen LogP contribution in [0.3, 0.4) is 0 Å². The second kappa shape index (κ2) is 11.9. The van der Waals surface area contributed by atoms with Crippen molar-refractivity contribution < 1.29 is 23.9 Å². The molecule has 2 aliphatic rings. The van der Waals surface area contributed by atoms with Gasteiger partial charge in [-0.3, -0.25) is 9.59 Å². The molecule has 2 heterocycles. The van der Waals surface area contributed by atoms with Crippen LogP contribution in [0.4, 0.5) is 4.79 Å². The molecule has 1 aromatic rings. The first-order chi connectivity index (χ1) is 16.0. The number of piperidine rings is 2. The molecule has 3 amide bonds. The molecule has 0 aliphatic carbocycles. The van der Waals surface area contributed by atoms with E-state index in [9.17, 15) is 14.4 Å². The van der Waals surface area contributed by atoms with Gasteiger partial charge in [-0.05, 0) is 38.7 Å². The van der Waals surface area contributed by atoms with E-state index in [1.165, 1.54) is 0 Å². The van der Waals surface area contributed by atoms with Crippen LogP contribution in [-0.2, 0) is 14.3 Å². The molecule has 8 heteroatoms. The van der Waals surface area contributed by atoms with Crippen molar-refractivity contribution in [2.24, 2.45) is 5.92 Å². The fourth-order valence-electron chi connectivity index (χ4n) is 4.84. The number of para-hydroxylation sites is 1. The van der Waals surface area contributed by atoms with Gasteiger partial charge in [0, 0.05) is 37.7 Å². The Morgan fingerprint density at radius 1 is 1.12 bits per heavy atom. The van der Waals surface area contributed by atoms with Gasteiger partial charge in [-0.15, -0.1) is 0 Å². The molecule has 182 valence electrons. The summed E-state index contributed by atoms with van der Waals surface area (Å²) < 4.78 is 10.7. The van der Waals surface area contributed by atoms with Crippen molar-refractivity contribution in [1.29, 1.82) is 0 Å². The van der Waals surface area contributed by atoms with Crippen molar-refractivity contribution in [1.82, 2.24) is 15.1 Å². The number of hydrogen-bond donors (Lipinski definition) is 1. The van der Waals surface area contributed by atoms with E-state index in [4.69, 9.17) is 9.47 Å². The number of carbonyl (C=O) groups is 3. The number of methoxy groups -OCH3 is 1. The zero-order valence-electron chi connectivity index (χ0n) is 20.0. The van der Waals surface area contributed by atoms with E-state index in [-0.39, 0.29) is 35.9 Å². The molecule has 2 aliphatic heterocycles. The number of unbranched alkanes of at least 4 members (excludes halogenated alkanes) is 1. The van der Waals surface area contributed by atoms with E-state index in [2.05, 4.69) is 12.2 Å². The van der Waals surface area contributed by atoms with Gasteiger partial charge in [-0.1, -0.05) is 31.5 Å². The van der Waals surface area contributed by atoms with Gasteiger partial charge in [0.2, 0.25) is 11.8 Å². The monoisotopic (exact) mass is 459 g/mol. The summed E-state index contributed by atoms with van der Waals surface area (Å²) in [7, 11) is 1.62. The third-order valence-corrected chi connectivity index (χ3v) is 6.62. The quantitative estimate of drug-likeness (QED) is 0.643. The number of likely N-dealkylation sites (tertiary alicyclic amines) is 2. The van der Waals surface area contributed by atoms with Gasteiger partial charge in [0.1, 0.15) is 5.75 Å². The minimum Gasteiger partial charge on any atom is -0.496 e. The van der Waals surface area contributed by atoms with Crippen molar-refractivity contribution in [3.63, 3.8) is 0 Å². The van der Waals surface area contributed by atoms with Gasteiger partial charge in [-0.2, -0.15) is 0 Å². The molecular formula is C25H37N3O5. The van der Waals surface area contributed by atoms with Crippen molar-refractivity contribution in [3.05, 3.63) is 29.8 Å². The lowest BCUT2D eigenvalue weighted by Gasteiger charge is -2.42. The highest BCUT2D eigenvalue weighted by Crippen LogP contribution is 2.41. The number of nitrogens with zero attached hydrogens (tertiary/aromatic N) is 2. The first kappa shape index (κ1) is 24.9. The van der Waals surface area contributed by atoms with Crippen LogP contribution in [-0.4, -0.2) is 67.1 Å². The molecule has 0 aromatic heterocycles. The summed E-state index contributed by atoms with van der Waals surface area (Å²) >= 11 is 0. The highest BCUT2D eigenvalue weighted by Gasteiger charge is 2.42. The summed E-state index contributed by atoms with van der Waals surface area (Å²) in [5.41, 5.74) is 0.876. The molecule has 1 N–H and O–H groups in total. The number of hydrogen-bond acceptors (Lipinski definition) is 5. The number of amides is 3. The molecule has 2 fully saturated rings. The average molecular weight is 460 g/mol. The zero-order chi connectivity index (χ0) is 23.8. The number of carbonyl (C=O) groups excluding carboxylic acids is 3. The van der Waals surface area contributed by atoms with E-state index < -0.39 is 0 Å². The Balaban J connectivity index is 1.75. The van der Waals surface area contributed by atoms with Crippen molar-refractivity contribution in [2.75, 3.05) is 33.4 Å². The Kier molecular flexibility index (Phi) is 8.97. The normalized spacial score (nSPS) is 21.6. The zero-order valence-corrected chi connectivity index (χ0v) is 20.0. The van der Waals surface area contributed by atoms with Crippen molar-refractivity contribution >= 4 is 17.9 Å². The van der Waals surface area contributed by atoms with Crippen LogP contribution in [0.25, 0.3) is 0 Å². The lowest BCUT2D eigenvalue weighted by molar-refractivity contribution is -0.143. The van der Waals surface area contributed by atoms with Crippen molar-refractivity contribution in [3.8, 4) is 5.75 Å². The molecule has 2 saturated heterocycles. The molecule has 0 spiro atoms. The van der Waals surface area contributed by atoms with Crippen LogP contribution in [0.5, 0.6) is 5.75 Å². The second-order valence-electron chi connectivity index (χ2n) is 8.74. The Labute approximate surface area is 196 Å². The number of benzene rings is 1. The van der Waals surface area contributed by atoms with E-state index >= 15 is 0 Å². The van der Waals surface area contributed by atoms with E-state index in [1.807, 2.05) is 29.2 Å². The minimum atomic E-state index is -0.353. The molecule has 1 aromatic carbocycles. The summed E-state index contributed by atoms with van der Waals surface area (Å²) in [6.45, 7) is 5.99. The summed E-state index contributed by atoms with van der Waals surface area (Å²) in [6, 6.07) is 7.31. The molecule has 0 saturated carbocycles. The van der Waals surface area contributed by atoms with Crippen LogP contribution < -0.4 is 10.1 Å². The van der Waals surface area contributed by atoms with Crippen LogP contribution in [0.1, 0.15) is 64.0 Å². The van der Waals surface area contributed by atoms with Gasteiger partial charge in [-0.25, -0.2) is 4.79 Å². The first-order valence-corrected chi connectivity index (χ1v) is 12.1. The lowest BCUT2D eigenvalue weighted by atomic mass is 9.82. The fourth-order valence-corrected chi connectivity index (χ4v) is 4.84. The standard InChI is InChI=1S/C25H37N3O5/c1-4-6-15-28-22(29)12-11-20(23(28)19-9-7-8-10-21(19)32-3)24(30)26-18-13-16-27(17-14-18)25(31)33-5-2/h7-10,18,20,23H,4-6,11-17H2,1-3H3,(H,26,30).